The summed E-state index contributed by atoms with van der Waals surface area (Å²) < 4.78 is 18.6. The Labute approximate surface area is 121 Å². The minimum atomic E-state index is -1.38. The van der Waals surface area contributed by atoms with E-state index in [0.29, 0.717) is 13.2 Å². The van der Waals surface area contributed by atoms with Gasteiger partial charge in [0.15, 0.2) is 0 Å². The zero-order chi connectivity index (χ0) is 15.4. The lowest BCUT2D eigenvalue weighted by Crippen LogP contribution is -2.35. The Balaban J connectivity index is 1.90. The third-order valence-electron chi connectivity index (χ3n) is 3.51. The number of ether oxygens (including phenoxy) is 1. The lowest BCUT2D eigenvalue weighted by molar-refractivity contribution is 0.0692. The Morgan fingerprint density at radius 1 is 1.48 bits per heavy atom. The molecule has 1 aromatic rings. The van der Waals surface area contributed by atoms with Crippen LogP contribution in [0.3, 0.4) is 0 Å². The SMILES string of the molecule is CC1OCCC1CNC(=O)Nc1ccc(F)c(C(=O)O)c1. The molecule has 2 atom stereocenters. The average Bonchev–Trinajstić information content (AvgIpc) is 2.84. The van der Waals surface area contributed by atoms with Crippen molar-refractivity contribution in [3.05, 3.63) is 29.6 Å². The fourth-order valence-electron chi connectivity index (χ4n) is 2.21. The molecule has 6 nitrogen and oxygen atoms in total. The molecular weight excluding hydrogens is 279 g/mol. The lowest BCUT2D eigenvalue weighted by Gasteiger charge is -2.15. The zero-order valence-electron chi connectivity index (χ0n) is 11.6. The molecule has 2 rings (SSSR count). The molecular formula is C14H17FN2O4. The molecule has 2 amide bonds. The number of anilines is 1. The number of urea groups is 1. The summed E-state index contributed by atoms with van der Waals surface area (Å²) in [5.41, 5.74) is -0.257. The van der Waals surface area contributed by atoms with Crippen LogP contribution in [0.5, 0.6) is 0 Å². The number of nitrogens with one attached hydrogen (secondary N) is 2. The predicted molar refractivity (Wildman–Crippen MR) is 73.9 cm³/mol. The Morgan fingerprint density at radius 3 is 2.86 bits per heavy atom. The first-order valence-corrected chi connectivity index (χ1v) is 6.66. The second-order valence-corrected chi connectivity index (χ2v) is 4.96. The van der Waals surface area contributed by atoms with Gasteiger partial charge in [-0.2, -0.15) is 0 Å². The predicted octanol–water partition coefficient (Wildman–Crippen LogP) is 2.07. The largest absolute Gasteiger partial charge is 0.478 e. The Kier molecular flexibility index (Phi) is 4.74. The van der Waals surface area contributed by atoms with Crippen LogP contribution >= 0.6 is 0 Å². The van der Waals surface area contributed by atoms with E-state index in [0.717, 1.165) is 18.6 Å². The van der Waals surface area contributed by atoms with E-state index in [1.54, 1.807) is 0 Å². The summed E-state index contributed by atoms with van der Waals surface area (Å²) in [6.07, 6.45) is 0.996. The van der Waals surface area contributed by atoms with Gasteiger partial charge in [-0.25, -0.2) is 14.0 Å². The van der Waals surface area contributed by atoms with Gasteiger partial charge >= 0.3 is 12.0 Å². The molecule has 21 heavy (non-hydrogen) atoms. The van der Waals surface area contributed by atoms with Crippen LogP contribution in [0.15, 0.2) is 18.2 Å². The average molecular weight is 296 g/mol. The number of hydrogen-bond donors (Lipinski definition) is 3. The molecule has 114 valence electrons. The van der Waals surface area contributed by atoms with Crippen molar-refractivity contribution in [3.63, 3.8) is 0 Å². The van der Waals surface area contributed by atoms with Crippen molar-refractivity contribution in [2.75, 3.05) is 18.5 Å². The van der Waals surface area contributed by atoms with Crippen LogP contribution < -0.4 is 10.6 Å². The summed E-state index contributed by atoms with van der Waals surface area (Å²) in [6.45, 7) is 3.12. The molecule has 1 aromatic carbocycles. The molecule has 1 aliphatic heterocycles. The topological polar surface area (TPSA) is 87.7 Å². The Bertz CT molecular complexity index is 550. The highest BCUT2D eigenvalue weighted by atomic mass is 19.1. The van der Waals surface area contributed by atoms with E-state index in [1.807, 2.05) is 6.92 Å². The molecule has 0 saturated carbocycles. The van der Waals surface area contributed by atoms with Crippen molar-refractivity contribution in [2.24, 2.45) is 5.92 Å². The van der Waals surface area contributed by atoms with Gasteiger partial charge < -0.3 is 20.5 Å². The van der Waals surface area contributed by atoms with E-state index >= 15 is 0 Å². The minimum Gasteiger partial charge on any atom is -0.478 e. The number of rotatable bonds is 4. The summed E-state index contributed by atoms with van der Waals surface area (Å²) in [6, 6.07) is 2.93. The lowest BCUT2D eigenvalue weighted by atomic mass is 10.0. The van der Waals surface area contributed by atoms with Gasteiger partial charge in [-0.3, -0.25) is 0 Å². The number of carboxylic acid groups (broad SMARTS) is 1. The van der Waals surface area contributed by atoms with Gasteiger partial charge in [-0.05, 0) is 31.5 Å². The third kappa shape index (κ3) is 3.91. The second kappa shape index (κ2) is 6.53. The molecule has 3 N–H and O–H groups in total. The van der Waals surface area contributed by atoms with Gasteiger partial charge in [0, 0.05) is 24.8 Å². The fourth-order valence-corrected chi connectivity index (χ4v) is 2.21. The standard InChI is InChI=1S/C14H17FN2O4/c1-8-9(4-5-21-8)7-16-14(20)17-10-2-3-12(15)11(6-10)13(18)19/h2-3,6,8-9H,4-5,7H2,1H3,(H,18,19)(H2,16,17,20). The fraction of sp³-hybridized carbons (Fsp3) is 0.429. The van der Waals surface area contributed by atoms with Crippen molar-refractivity contribution in [3.8, 4) is 0 Å². The van der Waals surface area contributed by atoms with Crippen LogP contribution in [0, 0.1) is 11.7 Å². The highest BCUT2D eigenvalue weighted by Gasteiger charge is 2.24. The van der Waals surface area contributed by atoms with Crippen LogP contribution in [-0.2, 0) is 4.74 Å². The summed E-state index contributed by atoms with van der Waals surface area (Å²) >= 11 is 0. The van der Waals surface area contributed by atoms with Gasteiger partial charge in [-0.1, -0.05) is 0 Å². The molecule has 1 aliphatic rings. The maximum Gasteiger partial charge on any atom is 0.338 e. The van der Waals surface area contributed by atoms with Crippen LogP contribution in [0.2, 0.25) is 0 Å². The molecule has 7 heteroatoms. The van der Waals surface area contributed by atoms with Crippen LogP contribution in [0.1, 0.15) is 23.7 Å². The summed E-state index contributed by atoms with van der Waals surface area (Å²) in [4.78, 5) is 22.6. The van der Waals surface area contributed by atoms with Crippen molar-refractivity contribution in [2.45, 2.75) is 19.4 Å². The maximum absolute atomic E-state index is 13.2. The molecule has 1 saturated heterocycles. The number of hydrogen-bond acceptors (Lipinski definition) is 3. The van der Waals surface area contributed by atoms with E-state index in [4.69, 9.17) is 9.84 Å². The van der Waals surface area contributed by atoms with Crippen LogP contribution in [0.4, 0.5) is 14.9 Å². The monoisotopic (exact) mass is 296 g/mol. The van der Waals surface area contributed by atoms with Crippen LogP contribution in [0.25, 0.3) is 0 Å². The quantitative estimate of drug-likeness (QED) is 0.793. The molecule has 0 bridgehead atoms. The Hall–Kier alpha value is -2.15. The first-order chi connectivity index (χ1) is 9.97. The van der Waals surface area contributed by atoms with E-state index in [1.165, 1.54) is 6.07 Å². The van der Waals surface area contributed by atoms with Gasteiger partial charge in [0.25, 0.3) is 0 Å². The van der Waals surface area contributed by atoms with E-state index in [-0.39, 0.29) is 17.7 Å². The van der Waals surface area contributed by atoms with Crippen LogP contribution in [-0.4, -0.2) is 36.4 Å². The summed E-state index contributed by atoms with van der Waals surface area (Å²) in [7, 11) is 0. The number of carboxylic acids is 1. The van der Waals surface area contributed by atoms with Gasteiger partial charge in [0.1, 0.15) is 5.82 Å². The van der Waals surface area contributed by atoms with E-state index in [2.05, 4.69) is 10.6 Å². The number of benzene rings is 1. The molecule has 0 aliphatic carbocycles. The number of amides is 2. The number of aromatic carboxylic acids is 1. The summed E-state index contributed by atoms with van der Waals surface area (Å²) in [5.74, 6) is -1.96. The second-order valence-electron chi connectivity index (χ2n) is 4.96. The minimum absolute atomic E-state index is 0.106. The third-order valence-corrected chi connectivity index (χ3v) is 3.51. The van der Waals surface area contributed by atoms with Crippen molar-refractivity contribution in [1.29, 1.82) is 0 Å². The number of carbonyl (C=O) groups excluding carboxylic acids is 1. The molecule has 0 aromatic heterocycles. The van der Waals surface area contributed by atoms with Gasteiger partial charge in [0.2, 0.25) is 0 Å². The number of halogens is 1. The van der Waals surface area contributed by atoms with E-state index in [9.17, 15) is 14.0 Å². The zero-order valence-corrected chi connectivity index (χ0v) is 11.6. The highest BCUT2D eigenvalue weighted by molar-refractivity contribution is 5.93. The van der Waals surface area contributed by atoms with E-state index < -0.39 is 23.4 Å². The Morgan fingerprint density at radius 2 is 2.24 bits per heavy atom. The first-order valence-electron chi connectivity index (χ1n) is 6.66. The molecule has 2 unspecified atom stereocenters. The normalized spacial score (nSPS) is 21.0. The van der Waals surface area contributed by atoms with Crippen molar-refractivity contribution >= 4 is 17.7 Å². The van der Waals surface area contributed by atoms with Crippen molar-refractivity contribution < 1.29 is 23.8 Å². The van der Waals surface area contributed by atoms with Gasteiger partial charge in [-0.15, -0.1) is 0 Å². The number of carbonyl (C=O) groups is 2. The smallest absolute Gasteiger partial charge is 0.338 e. The summed E-state index contributed by atoms with van der Waals surface area (Å²) in [5, 5.41) is 14.0. The highest BCUT2D eigenvalue weighted by Crippen LogP contribution is 2.19. The molecule has 1 heterocycles. The molecule has 1 fully saturated rings. The van der Waals surface area contributed by atoms with Gasteiger partial charge in [0.05, 0.1) is 11.7 Å². The maximum atomic E-state index is 13.2. The molecule has 0 radical (unpaired) electrons. The first kappa shape index (κ1) is 15.2. The van der Waals surface area contributed by atoms with Crippen molar-refractivity contribution in [1.82, 2.24) is 5.32 Å². The molecule has 0 spiro atoms.